The number of unbranched alkanes of at least 4 members (excludes halogenated alkanes) is 4. The fourth-order valence-corrected chi connectivity index (χ4v) is 1.91. The molecule has 0 amide bonds. The molecule has 1 N–H and O–H groups in total. The van der Waals surface area contributed by atoms with Crippen LogP contribution in [0.4, 0.5) is 0 Å². The smallest absolute Gasteiger partial charge is 0.305 e. The molecule has 0 atom stereocenters. The summed E-state index contributed by atoms with van der Waals surface area (Å²) in [4.78, 5) is 22.9. The molecule has 0 aliphatic heterocycles. The second kappa shape index (κ2) is 13.3. The number of ether oxygens (including phenoxy) is 2. The number of esters is 2. The maximum absolute atomic E-state index is 11.5. The van der Waals surface area contributed by atoms with Gasteiger partial charge in [-0.2, -0.15) is 0 Å². The van der Waals surface area contributed by atoms with E-state index in [4.69, 9.17) is 14.6 Å². The average molecular weight is 330 g/mol. The molecule has 0 aromatic rings. The molecule has 5 heteroatoms. The first-order valence-corrected chi connectivity index (χ1v) is 8.77. The van der Waals surface area contributed by atoms with Crippen LogP contribution in [0.5, 0.6) is 0 Å². The van der Waals surface area contributed by atoms with Crippen molar-refractivity contribution >= 4 is 11.9 Å². The number of carbonyl (C=O) groups excluding carboxylic acids is 2. The van der Waals surface area contributed by atoms with Crippen LogP contribution in [0.3, 0.4) is 0 Å². The molecule has 5 nitrogen and oxygen atoms in total. The van der Waals surface area contributed by atoms with Crippen molar-refractivity contribution in [3.63, 3.8) is 0 Å². The van der Waals surface area contributed by atoms with Crippen molar-refractivity contribution in [2.24, 2.45) is 5.41 Å². The van der Waals surface area contributed by atoms with E-state index in [1.54, 1.807) is 0 Å². The Morgan fingerprint density at radius 2 is 1.30 bits per heavy atom. The normalized spacial score (nSPS) is 11.3. The molecule has 0 aromatic carbocycles. The zero-order valence-corrected chi connectivity index (χ0v) is 15.1. The Morgan fingerprint density at radius 3 is 1.83 bits per heavy atom. The van der Waals surface area contributed by atoms with E-state index in [1.807, 2.05) is 0 Å². The van der Waals surface area contributed by atoms with Gasteiger partial charge in [0, 0.05) is 19.4 Å². The van der Waals surface area contributed by atoms with Gasteiger partial charge in [0.1, 0.15) is 0 Å². The monoisotopic (exact) mass is 330 g/mol. The minimum absolute atomic E-state index is 0.143. The van der Waals surface area contributed by atoms with Crippen molar-refractivity contribution in [2.45, 2.75) is 78.6 Å². The Morgan fingerprint density at radius 1 is 0.783 bits per heavy atom. The van der Waals surface area contributed by atoms with Crippen molar-refractivity contribution in [2.75, 3.05) is 19.8 Å². The van der Waals surface area contributed by atoms with Gasteiger partial charge in [-0.3, -0.25) is 9.59 Å². The van der Waals surface area contributed by atoms with Crippen molar-refractivity contribution in [3.05, 3.63) is 0 Å². The van der Waals surface area contributed by atoms with Crippen LogP contribution >= 0.6 is 0 Å². The third-order valence-electron chi connectivity index (χ3n) is 3.44. The number of hydrogen-bond donors (Lipinski definition) is 1. The molecule has 0 saturated carbocycles. The number of aliphatic hydroxyl groups excluding tert-OH is 1. The number of carbonyl (C=O) groups is 2. The highest BCUT2D eigenvalue weighted by Crippen LogP contribution is 2.18. The zero-order chi connectivity index (χ0) is 17.6. The van der Waals surface area contributed by atoms with Crippen molar-refractivity contribution < 1.29 is 24.2 Å². The van der Waals surface area contributed by atoms with E-state index in [1.165, 1.54) is 0 Å². The minimum atomic E-state index is -0.176. The van der Waals surface area contributed by atoms with E-state index in [0.717, 1.165) is 44.9 Å². The maximum atomic E-state index is 11.5. The van der Waals surface area contributed by atoms with Crippen LogP contribution in [0.1, 0.15) is 78.6 Å². The van der Waals surface area contributed by atoms with Gasteiger partial charge in [-0.25, -0.2) is 0 Å². The molecule has 0 rings (SSSR count). The molecule has 23 heavy (non-hydrogen) atoms. The first-order chi connectivity index (χ1) is 10.8. The minimum Gasteiger partial charge on any atom is -0.466 e. The van der Waals surface area contributed by atoms with E-state index in [2.05, 4.69) is 20.8 Å². The quantitative estimate of drug-likeness (QED) is 0.412. The van der Waals surface area contributed by atoms with E-state index in [0.29, 0.717) is 26.1 Å². The molecule has 0 saturated heterocycles. The molecule has 0 aromatic heterocycles. The molecule has 0 radical (unpaired) electrons. The fraction of sp³-hybridized carbons (Fsp3) is 0.889. The lowest BCUT2D eigenvalue weighted by Crippen LogP contribution is -2.13. The van der Waals surface area contributed by atoms with Crippen LogP contribution in [-0.2, 0) is 19.1 Å². The highest BCUT2D eigenvalue weighted by atomic mass is 16.5. The first-order valence-electron chi connectivity index (χ1n) is 8.77. The van der Waals surface area contributed by atoms with Crippen LogP contribution in [0.25, 0.3) is 0 Å². The lowest BCUT2D eigenvalue weighted by atomic mass is 9.93. The summed E-state index contributed by atoms with van der Waals surface area (Å²) < 4.78 is 10.3. The molecule has 0 fully saturated rings. The molecular weight excluding hydrogens is 296 g/mol. The van der Waals surface area contributed by atoms with Gasteiger partial charge in [-0.05, 0) is 43.9 Å². The molecule has 0 aliphatic carbocycles. The third-order valence-corrected chi connectivity index (χ3v) is 3.44. The summed E-state index contributed by atoms with van der Waals surface area (Å²) >= 11 is 0. The number of rotatable bonds is 13. The lowest BCUT2D eigenvalue weighted by molar-refractivity contribution is -0.145. The van der Waals surface area contributed by atoms with Crippen LogP contribution in [0.15, 0.2) is 0 Å². The van der Waals surface area contributed by atoms with Gasteiger partial charge in [-0.15, -0.1) is 0 Å². The van der Waals surface area contributed by atoms with E-state index < -0.39 is 0 Å². The van der Waals surface area contributed by atoms with Crippen molar-refractivity contribution in [1.82, 2.24) is 0 Å². The fourth-order valence-electron chi connectivity index (χ4n) is 1.91. The summed E-state index contributed by atoms with van der Waals surface area (Å²) in [5.74, 6) is -0.320. The van der Waals surface area contributed by atoms with Gasteiger partial charge in [0.05, 0.1) is 13.2 Å². The molecule has 0 unspecified atom stereocenters. The van der Waals surface area contributed by atoms with Crippen LogP contribution in [0, 0.1) is 5.41 Å². The molecule has 0 spiro atoms. The van der Waals surface area contributed by atoms with Gasteiger partial charge in [-0.1, -0.05) is 27.2 Å². The van der Waals surface area contributed by atoms with Gasteiger partial charge in [0.25, 0.3) is 0 Å². The number of aliphatic hydroxyl groups is 1. The van der Waals surface area contributed by atoms with E-state index in [-0.39, 0.29) is 24.0 Å². The van der Waals surface area contributed by atoms with Gasteiger partial charge >= 0.3 is 11.9 Å². The highest BCUT2D eigenvalue weighted by Gasteiger charge is 2.11. The largest absolute Gasteiger partial charge is 0.466 e. The van der Waals surface area contributed by atoms with Crippen molar-refractivity contribution in [1.29, 1.82) is 0 Å². The SMILES string of the molecule is CC(C)(C)CCOC(=O)CCCCCOC(=O)CCCCCO. The Kier molecular flexibility index (Phi) is 12.7. The highest BCUT2D eigenvalue weighted by molar-refractivity contribution is 5.69. The number of hydrogen-bond acceptors (Lipinski definition) is 5. The van der Waals surface area contributed by atoms with Gasteiger partial charge in [0.2, 0.25) is 0 Å². The molecule has 136 valence electrons. The summed E-state index contributed by atoms with van der Waals surface area (Å²) in [6, 6.07) is 0. The van der Waals surface area contributed by atoms with E-state index in [9.17, 15) is 9.59 Å². The first kappa shape index (κ1) is 21.9. The third kappa shape index (κ3) is 17.1. The second-order valence-corrected chi connectivity index (χ2v) is 7.10. The van der Waals surface area contributed by atoms with Crippen molar-refractivity contribution in [3.8, 4) is 0 Å². The second-order valence-electron chi connectivity index (χ2n) is 7.10. The summed E-state index contributed by atoms with van der Waals surface area (Å²) in [5, 5.41) is 8.63. The zero-order valence-electron chi connectivity index (χ0n) is 15.1. The summed E-state index contributed by atoms with van der Waals surface area (Å²) in [6.45, 7) is 7.43. The Bertz CT molecular complexity index is 320. The Balaban J connectivity index is 3.38. The predicted octanol–water partition coefficient (Wildman–Crippen LogP) is 3.62. The van der Waals surface area contributed by atoms with Crippen LogP contribution in [-0.4, -0.2) is 36.9 Å². The van der Waals surface area contributed by atoms with E-state index >= 15 is 0 Å². The standard InChI is InChI=1S/C18H34O5/c1-18(2,3)12-15-23-17(21)11-7-5-9-14-22-16(20)10-6-4-8-13-19/h19H,4-15H2,1-3H3. The van der Waals surface area contributed by atoms with Crippen LogP contribution < -0.4 is 0 Å². The summed E-state index contributed by atoms with van der Waals surface area (Å²) in [6.07, 6.45) is 6.46. The topological polar surface area (TPSA) is 72.8 Å². The molecule has 0 heterocycles. The molecule has 0 bridgehead atoms. The Hall–Kier alpha value is -1.10. The Labute approximate surface area is 140 Å². The average Bonchev–Trinajstić information content (AvgIpc) is 2.46. The lowest BCUT2D eigenvalue weighted by Gasteiger charge is -2.17. The predicted molar refractivity (Wildman–Crippen MR) is 90.0 cm³/mol. The molecule has 0 aliphatic rings. The maximum Gasteiger partial charge on any atom is 0.305 e. The van der Waals surface area contributed by atoms with Gasteiger partial charge < -0.3 is 14.6 Å². The summed E-state index contributed by atoms with van der Waals surface area (Å²) in [5.41, 5.74) is 0.183. The van der Waals surface area contributed by atoms with Crippen LogP contribution in [0.2, 0.25) is 0 Å². The molecular formula is C18H34O5. The summed E-state index contributed by atoms with van der Waals surface area (Å²) in [7, 11) is 0. The van der Waals surface area contributed by atoms with Gasteiger partial charge in [0.15, 0.2) is 0 Å².